The van der Waals surface area contributed by atoms with Gasteiger partial charge in [0.2, 0.25) is 0 Å². The van der Waals surface area contributed by atoms with Gasteiger partial charge >= 0.3 is 6.09 Å². The second-order valence-electron chi connectivity index (χ2n) is 4.55. The third kappa shape index (κ3) is 1.26. The monoisotopic (exact) mass is 233 g/mol. The van der Waals surface area contributed by atoms with Crippen LogP contribution in [0.4, 0.5) is 10.5 Å². The quantitative estimate of drug-likeness (QED) is 0.703. The van der Waals surface area contributed by atoms with Gasteiger partial charge in [-0.25, -0.2) is 4.79 Å². The summed E-state index contributed by atoms with van der Waals surface area (Å²) in [5.74, 6) is 0. The number of benzene rings is 1. The lowest BCUT2D eigenvalue weighted by Crippen LogP contribution is -2.50. The van der Waals surface area contributed by atoms with Crippen molar-refractivity contribution in [2.45, 2.75) is 18.1 Å². The minimum Gasteiger partial charge on any atom is -0.453 e. The smallest absolute Gasteiger partial charge is 0.411 e. The number of nitrogens with zero attached hydrogens (tertiary/aromatic N) is 1. The van der Waals surface area contributed by atoms with Crippen LogP contribution in [-0.2, 0) is 10.3 Å². The molecule has 1 amide bonds. The number of carbonyl (C=O) groups excluding carboxylic acids is 1. The number of hydrogen-bond acceptors (Lipinski definition) is 4. The predicted octanol–water partition coefficient (Wildman–Crippen LogP) is 1.06. The van der Waals surface area contributed by atoms with Crippen LogP contribution in [0.25, 0.3) is 0 Å². The van der Waals surface area contributed by atoms with E-state index in [0.717, 1.165) is 17.7 Å². The molecule has 0 aliphatic carbocycles. The van der Waals surface area contributed by atoms with E-state index in [4.69, 9.17) is 10.5 Å². The van der Waals surface area contributed by atoms with E-state index in [-0.39, 0.29) is 12.3 Å². The van der Waals surface area contributed by atoms with E-state index in [1.54, 1.807) is 4.90 Å². The zero-order valence-electron chi connectivity index (χ0n) is 9.64. The topological polar surface area (TPSA) is 67.6 Å². The molecule has 0 spiro atoms. The fourth-order valence-corrected chi connectivity index (χ4v) is 2.81. The van der Waals surface area contributed by atoms with Gasteiger partial charge in [-0.15, -0.1) is 0 Å². The fraction of sp³-hybridized carbons (Fsp3) is 0.417. The van der Waals surface area contributed by atoms with Crippen LogP contribution in [0.3, 0.4) is 0 Å². The Hall–Kier alpha value is -1.75. The third-order valence-corrected chi connectivity index (χ3v) is 3.70. The normalized spacial score (nSPS) is 29.5. The van der Waals surface area contributed by atoms with Crippen LogP contribution < -0.4 is 11.1 Å². The molecule has 1 aromatic carbocycles. The number of methoxy groups -OCH3 is 1. The summed E-state index contributed by atoms with van der Waals surface area (Å²) in [5.41, 5.74) is 8.04. The molecule has 0 unspecified atom stereocenters. The summed E-state index contributed by atoms with van der Waals surface area (Å²) in [6, 6.07) is 7.93. The molecule has 3 N–H and O–H groups in total. The molecular formula is C12H15N3O2. The van der Waals surface area contributed by atoms with Gasteiger partial charge in [0.15, 0.2) is 0 Å². The summed E-state index contributed by atoms with van der Waals surface area (Å²) in [7, 11) is 1.39. The highest BCUT2D eigenvalue weighted by atomic mass is 16.5. The van der Waals surface area contributed by atoms with E-state index in [0.29, 0.717) is 6.54 Å². The Morgan fingerprint density at radius 2 is 2.35 bits per heavy atom. The number of carbonyl (C=O) groups is 1. The molecule has 0 saturated carbocycles. The Morgan fingerprint density at radius 3 is 3.12 bits per heavy atom. The number of likely N-dealkylation sites (tertiary alicyclic amines) is 1. The Labute approximate surface area is 99.5 Å². The van der Waals surface area contributed by atoms with Gasteiger partial charge in [-0.05, 0) is 18.1 Å². The second kappa shape index (κ2) is 3.37. The summed E-state index contributed by atoms with van der Waals surface area (Å²) in [4.78, 5) is 13.3. The van der Waals surface area contributed by atoms with Crippen LogP contribution >= 0.6 is 0 Å². The fourth-order valence-electron chi connectivity index (χ4n) is 2.81. The molecule has 17 heavy (non-hydrogen) atoms. The number of amides is 1. The SMILES string of the molecule is COC(=O)N1CC[C@]2(N)c3ccccc3N[C@H]12. The molecule has 2 aliphatic heterocycles. The molecule has 90 valence electrons. The molecule has 0 aromatic heterocycles. The molecule has 5 heteroatoms. The highest BCUT2D eigenvalue weighted by molar-refractivity contribution is 5.72. The molecule has 1 saturated heterocycles. The second-order valence-corrected chi connectivity index (χ2v) is 4.55. The van der Waals surface area contributed by atoms with Crippen molar-refractivity contribution < 1.29 is 9.53 Å². The van der Waals surface area contributed by atoms with Gasteiger partial charge in [0.05, 0.1) is 12.6 Å². The number of fused-ring (bicyclic) bond motifs is 3. The van der Waals surface area contributed by atoms with Gasteiger partial charge in [0.25, 0.3) is 0 Å². The van der Waals surface area contributed by atoms with Crippen LogP contribution in [0.15, 0.2) is 24.3 Å². The Morgan fingerprint density at radius 1 is 1.59 bits per heavy atom. The largest absolute Gasteiger partial charge is 0.453 e. The number of nitrogens with two attached hydrogens (primary N) is 1. The molecule has 5 nitrogen and oxygen atoms in total. The van der Waals surface area contributed by atoms with Gasteiger partial charge in [0, 0.05) is 12.2 Å². The van der Waals surface area contributed by atoms with Gasteiger partial charge in [-0.2, -0.15) is 0 Å². The number of rotatable bonds is 0. The molecule has 2 heterocycles. The summed E-state index contributed by atoms with van der Waals surface area (Å²) < 4.78 is 4.78. The lowest BCUT2D eigenvalue weighted by Gasteiger charge is -2.28. The number of ether oxygens (including phenoxy) is 1. The van der Waals surface area contributed by atoms with Crippen LogP contribution in [0, 0.1) is 0 Å². The zero-order chi connectivity index (χ0) is 12.0. The highest BCUT2D eigenvalue weighted by Crippen LogP contribution is 2.44. The molecule has 0 bridgehead atoms. The Balaban J connectivity index is 2.00. The van der Waals surface area contributed by atoms with Crippen molar-refractivity contribution in [3.8, 4) is 0 Å². The first-order valence-electron chi connectivity index (χ1n) is 5.66. The number of para-hydroxylation sites is 1. The molecule has 1 aromatic rings. The van der Waals surface area contributed by atoms with Crippen molar-refractivity contribution in [2.24, 2.45) is 5.73 Å². The first-order valence-corrected chi connectivity index (χ1v) is 5.66. The van der Waals surface area contributed by atoms with Gasteiger partial charge < -0.3 is 15.8 Å². The van der Waals surface area contributed by atoms with Crippen molar-refractivity contribution in [3.05, 3.63) is 29.8 Å². The number of anilines is 1. The summed E-state index contributed by atoms with van der Waals surface area (Å²) in [6.45, 7) is 0.620. The Kier molecular flexibility index (Phi) is 2.06. The van der Waals surface area contributed by atoms with Crippen molar-refractivity contribution in [3.63, 3.8) is 0 Å². The van der Waals surface area contributed by atoms with Gasteiger partial charge in [0.1, 0.15) is 6.17 Å². The third-order valence-electron chi connectivity index (χ3n) is 3.70. The van der Waals surface area contributed by atoms with Crippen LogP contribution in [0.1, 0.15) is 12.0 Å². The minimum absolute atomic E-state index is 0.202. The molecular weight excluding hydrogens is 218 g/mol. The van der Waals surface area contributed by atoms with Crippen molar-refractivity contribution in [1.29, 1.82) is 0 Å². The van der Waals surface area contributed by atoms with Crippen molar-refractivity contribution >= 4 is 11.8 Å². The maximum atomic E-state index is 11.7. The minimum atomic E-state index is -0.495. The van der Waals surface area contributed by atoms with Crippen molar-refractivity contribution in [2.75, 3.05) is 19.0 Å². The van der Waals surface area contributed by atoms with Crippen molar-refractivity contribution in [1.82, 2.24) is 4.90 Å². The summed E-state index contributed by atoms with van der Waals surface area (Å²) in [5, 5.41) is 3.30. The molecule has 3 rings (SSSR count). The first-order chi connectivity index (χ1) is 8.16. The standard InChI is InChI=1S/C12H15N3O2/c1-17-11(16)15-7-6-12(13)8-4-2-3-5-9(8)14-10(12)15/h2-5,10,14H,6-7,13H2,1H3/t10-,12+/m1/s1. The van der Waals surface area contributed by atoms with Crippen LogP contribution in [0.5, 0.6) is 0 Å². The van der Waals surface area contributed by atoms with E-state index in [1.165, 1.54) is 7.11 Å². The van der Waals surface area contributed by atoms with Crippen LogP contribution in [-0.4, -0.2) is 30.8 Å². The van der Waals surface area contributed by atoms with Crippen LogP contribution in [0.2, 0.25) is 0 Å². The molecule has 1 fully saturated rings. The van der Waals surface area contributed by atoms with E-state index in [1.807, 2.05) is 24.3 Å². The van der Waals surface area contributed by atoms with Gasteiger partial charge in [-0.1, -0.05) is 18.2 Å². The summed E-state index contributed by atoms with van der Waals surface area (Å²) >= 11 is 0. The predicted molar refractivity (Wildman–Crippen MR) is 63.4 cm³/mol. The Bertz CT molecular complexity index is 477. The number of hydrogen-bond donors (Lipinski definition) is 2. The average molecular weight is 233 g/mol. The summed E-state index contributed by atoms with van der Waals surface area (Å²) in [6.07, 6.45) is 0.214. The van der Waals surface area contributed by atoms with E-state index >= 15 is 0 Å². The maximum Gasteiger partial charge on any atom is 0.411 e. The van der Waals surface area contributed by atoms with E-state index in [2.05, 4.69) is 5.32 Å². The highest BCUT2D eigenvalue weighted by Gasteiger charge is 2.53. The number of nitrogens with one attached hydrogen (secondary N) is 1. The van der Waals surface area contributed by atoms with E-state index in [9.17, 15) is 4.79 Å². The maximum absolute atomic E-state index is 11.7. The first kappa shape index (κ1) is 10.4. The zero-order valence-corrected chi connectivity index (χ0v) is 9.64. The van der Waals surface area contributed by atoms with E-state index < -0.39 is 5.54 Å². The molecule has 2 atom stereocenters. The lowest BCUT2D eigenvalue weighted by molar-refractivity contribution is 0.118. The average Bonchev–Trinajstić information content (AvgIpc) is 2.81. The molecule has 2 aliphatic rings. The molecule has 0 radical (unpaired) electrons. The van der Waals surface area contributed by atoms with Gasteiger partial charge in [-0.3, -0.25) is 4.90 Å². The lowest BCUT2D eigenvalue weighted by atomic mass is 9.90.